The van der Waals surface area contributed by atoms with Crippen LogP contribution < -0.4 is 33.2 Å². The van der Waals surface area contributed by atoms with Gasteiger partial charge in [0.05, 0.1) is 12.5 Å². The zero-order chi connectivity index (χ0) is 27.3. The van der Waals surface area contributed by atoms with Crippen LogP contribution in [-0.2, 0) is 30.4 Å². The first-order valence-electron chi connectivity index (χ1n) is 11.2. The number of hydrogen-bond donors (Lipinski definition) is 9. The first-order valence-corrected chi connectivity index (χ1v) is 11.9. The van der Waals surface area contributed by atoms with Gasteiger partial charge in [-0.2, -0.15) is 12.6 Å². The number of nitrogens with two attached hydrogens (primary N) is 3. The van der Waals surface area contributed by atoms with Gasteiger partial charge in [0, 0.05) is 5.75 Å². The van der Waals surface area contributed by atoms with Crippen LogP contribution in [0.4, 0.5) is 0 Å². The summed E-state index contributed by atoms with van der Waals surface area (Å²) in [7, 11) is 0. The standard InChI is InChI=1S/C22H34N6O7S/c23-8-2-1-3-15(26-19(31)14(24)9-12-4-6-13(29)7-5-12)20(32)27-16(10-18(25)30)21(33)28-17(11-36)22(34)35/h4-7,14-17,29,36H,1-3,8-11,23-24H2,(H2,25,30)(H,26,31)(H,27,32)(H,28,33)(H,34,35)/t14-,15-,16-,17-/m0/s1. The van der Waals surface area contributed by atoms with Gasteiger partial charge in [0.2, 0.25) is 23.6 Å². The van der Waals surface area contributed by atoms with Crippen LogP contribution in [0.3, 0.4) is 0 Å². The molecule has 0 spiro atoms. The predicted molar refractivity (Wildman–Crippen MR) is 134 cm³/mol. The highest BCUT2D eigenvalue weighted by atomic mass is 32.1. The van der Waals surface area contributed by atoms with Gasteiger partial charge in [-0.3, -0.25) is 19.2 Å². The summed E-state index contributed by atoms with van der Waals surface area (Å²) >= 11 is 3.86. The number of carboxylic acids is 1. The van der Waals surface area contributed by atoms with E-state index in [0.717, 1.165) is 0 Å². The van der Waals surface area contributed by atoms with Gasteiger partial charge >= 0.3 is 5.97 Å². The van der Waals surface area contributed by atoms with E-state index in [0.29, 0.717) is 24.9 Å². The molecule has 11 N–H and O–H groups in total. The van der Waals surface area contributed by atoms with Crippen molar-refractivity contribution in [2.24, 2.45) is 17.2 Å². The molecule has 1 aromatic carbocycles. The van der Waals surface area contributed by atoms with Crippen molar-refractivity contribution >= 4 is 42.2 Å². The molecule has 4 amide bonds. The van der Waals surface area contributed by atoms with Crippen LogP contribution in [-0.4, -0.2) is 76.3 Å². The molecule has 4 atom stereocenters. The molecular weight excluding hydrogens is 492 g/mol. The molecule has 0 saturated heterocycles. The van der Waals surface area contributed by atoms with Crippen molar-refractivity contribution in [3.63, 3.8) is 0 Å². The minimum absolute atomic E-state index is 0.0620. The molecule has 0 aliphatic heterocycles. The number of hydrogen-bond acceptors (Lipinski definition) is 9. The van der Waals surface area contributed by atoms with Gasteiger partial charge in [0.25, 0.3) is 0 Å². The Balaban J connectivity index is 2.95. The Kier molecular flexibility index (Phi) is 13.3. The smallest absolute Gasteiger partial charge is 0.327 e. The van der Waals surface area contributed by atoms with Crippen molar-refractivity contribution in [1.29, 1.82) is 0 Å². The van der Waals surface area contributed by atoms with Gasteiger partial charge in [-0.05, 0) is 49.9 Å². The third-order valence-electron chi connectivity index (χ3n) is 5.14. The molecule has 1 aromatic rings. The molecular formula is C22H34N6O7S. The summed E-state index contributed by atoms with van der Waals surface area (Å²) in [6.45, 7) is 0.357. The van der Waals surface area contributed by atoms with E-state index in [1.54, 1.807) is 12.1 Å². The lowest BCUT2D eigenvalue weighted by atomic mass is 10.0. The molecule has 0 bridgehead atoms. The highest BCUT2D eigenvalue weighted by Crippen LogP contribution is 2.11. The minimum Gasteiger partial charge on any atom is -0.508 e. The molecule has 0 fully saturated rings. The molecule has 13 nitrogen and oxygen atoms in total. The van der Waals surface area contributed by atoms with E-state index in [1.165, 1.54) is 12.1 Å². The zero-order valence-corrected chi connectivity index (χ0v) is 20.6. The number of unbranched alkanes of at least 4 members (excludes halogenated alkanes) is 1. The highest BCUT2D eigenvalue weighted by molar-refractivity contribution is 7.80. The quantitative estimate of drug-likeness (QED) is 0.0832. The van der Waals surface area contributed by atoms with Crippen molar-refractivity contribution in [3.05, 3.63) is 29.8 Å². The molecule has 0 radical (unpaired) electrons. The fraction of sp³-hybridized carbons (Fsp3) is 0.500. The molecule has 36 heavy (non-hydrogen) atoms. The van der Waals surface area contributed by atoms with E-state index < -0.39 is 60.2 Å². The fourth-order valence-corrected chi connectivity index (χ4v) is 3.41. The number of amides is 4. The maximum atomic E-state index is 13.0. The second kappa shape index (κ2) is 15.6. The maximum absolute atomic E-state index is 13.0. The molecule has 0 aliphatic rings. The number of thiol groups is 1. The Labute approximate surface area is 213 Å². The highest BCUT2D eigenvalue weighted by Gasteiger charge is 2.30. The number of aliphatic carboxylic acids is 1. The fourth-order valence-electron chi connectivity index (χ4n) is 3.16. The first kappa shape index (κ1) is 30.7. The summed E-state index contributed by atoms with van der Waals surface area (Å²) in [5, 5.41) is 25.6. The third kappa shape index (κ3) is 10.9. The number of phenols is 1. The van der Waals surface area contributed by atoms with Crippen LogP contribution in [0.2, 0.25) is 0 Å². The summed E-state index contributed by atoms with van der Waals surface area (Å²) in [5.41, 5.74) is 17.4. The average molecular weight is 527 g/mol. The van der Waals surface area contributed by atoms with Crippen LogP contribution in [0.15, 0.2) is 24.3 Å². The van der Waals surface area contributed by atoms with Crippen LogP contribution in [0.1, 0.15) is 31.2 Å². The minimum atomic E-state index is -1.48. The summed E-state index contributed by atoms with van der Waals surface area (Å²) in [5.74, 6) is -4.78. The summed E-state index contributed by atoms with van der Waals surface area (Å²) < 4.78 is 0. The monoisotopic (exact) mass is 526 g/mol. The molecule has 200 valence electrons. The van der Waals surface area contributed by atoms with Crippen LogP contribution in [0.5, 0.6) is 5.75 Å². The Morgan fingerprint density at radius 1 is 0.889 bits per heavy atom. The van der Waals surface area contributed by atoms with Crippen molar-refractivity contribution in [2.75, 3.05) is 12.3 Å². The van der Waals surface area contributed by atoms with Crippen molar-refractivity contribution in [3.8, 4) is 5.75 Å². The topological polar surface area (TPSA) is 240 Å². The lowest BCUT2D eigenvalue weighted by molar-refractivity contribution is -0.141. The maximum Gasteiger partial charge on any atom is 0.327 e. The molecule has 0 aromatic heterocycles. The SMILES string of the molecule is NCCCC[C@H](NC(=O)[C@@H](N)Cc1ccc(O)cc1)C(=O)N[C@@H](CC(N)=O)C(=O)N[C@@H](CS)C(=O)O. The normalized spacial score (nSPS) is 14.1. The Hall–Kier alpha value is -3.36. The summed E-state index contributed by atoms with van der Waals surface area (Å²) in [6.07, 6.45) is 0.735. The summed E-state index contributed by atoms with van der Waals surface area (Å²) in [4.78, 5) is 60.9. The molecule has 0 saturated carbocycles. The van der Waals surface area contributed by atoms with Gasteiger partial charge in [-0.15, -0.1) is 0 Å². The van der Waals surface area contributed by atoms with Crippen molar-refractivity contribution in [1.82, 2.24) is 16.0 Å². The van der Waals surface area contributed by atoms with E-state index in [-0.39, 0.29) is 24.3 Å². The number of carbonyl (C=O) groups is 5. The van der Waals surface area contributed by atoms with Gasteiger partial charge in [0.15, 0.2) is 0 Å². The van der Waals surface area contributed by atoms with E-state index >= 15 is 0 Å². The largest absolute Gasteiger partial charge is 0.508 e. The number of benzene rings is 1. The van der Waals surface area contributed by atoms with E-state index in [1.807, 2.05) is 0 Å². The Morgan fingerprint density at radius 2 is 1.44 bits per heavy atom. The number of primary amides is 1. The lowest BCUT2D eigenvalue weighted by Crippen LogP contribution is -2.58. The Bertz CT molecular complexity index is 915. The second-order valence-corrected chi connectivity index (χ2v) is 8.50. The number of phenolic OH excluding ortho intramolecular Hbond substituents is 1. The van der Waals surface area contributed by atoms with E-state index in [4.69, 9.17) is 22.3 Å². The van der Waals surface area contributed by atoms with Gasteiger partial charge in [-0.25, -0.2) is 4.79 Å². The molecule has 14 heteroatoms. The first-order chi connectivity index (χ1) is 17.0. The predicted octanol–water partition coefficient (Wildman–Crippen LogP) is -2.26. The number of rotatable bonds is 16. The van der Waals surface area contributed by atoms with Crippen molar-refractivity contribution in [2.45, 2.75) is 56.3 Å². The average Bonchev–Trinajstić information content (AvgIpc) is 2.82. The summed E-state index contributed by atoms with van der Waals surface area (Å²) in [6, 6.07) is 1.16. The molecule has 0 aliphatic carbocycles. The zero-order valence-electron chi connectivity index (χ0n) is 19.7. The molecule has 0 heterocycles. The van der Waals surface area contributed by atoms with Crippen LogP contribution in [0.25, 0.3) is 0 Å². The second-order valence-electron chi connectivity index (χ2n) is 8.14. The number of carboxylic acid groups (broad SMARTS) is 1. The number of carbonyl (C=O) groups excluding carboxylic acids is 4. The Morgan fingerprint density at radius 3 is 1.97 bits per heavy atom. The van der Waals surface area contributed by atoms with Gasteiger partial charge in [-0.1, -0.05) is 12.1 Å². The number of nitrogens with one attached hydrogen (secondary N) is 3. The van der Waals surface area contributed by atoms with Crippen LogP contribution >= 0.6 is 12.6 Å². The molecule has 1 rings (SSSR count). The van der Waals surface area contributed by atoms with E-state index in [9.17, 15) is 29.1 Å². The lowest BCUT2D eigenvalue weighted by Gasteiger charge is -2.24. The third-order valence-corrected chi connectivity index (χ3v) is 5.51. The van der Waals surface area contributed by atoms with Crippen LogP contribution in [0, 0.1) is 0 Å². The van der Waals surface area contributed by atoms with Gasteiger partial charge < -0.3 is 43.4 Å². The molecule has 0 unspecified atom stereocenters. The van der Waals surface area contributed by atoms with E-state index in [2.05, 4.69) is 28.6 Å². The van der Waals surface area contributed by atoms with Crippen molar-refractivity contribution < 1.29 is 34.2 Å². The van der Waals surface area contributed by atoms with Gasteiger partial charge in [0.1, 0.15) is 23.9 Å². The number of aromatic hydroxyl groups is 1.